The molecule has 0 saturated heterocycles. The summed E-state index contributed by atoms with van der Waals surface area (Å²) in [6, 6.07) is 5.27. The second-order valence-corrected chi connectivity index (χ2v) is 7.22. The number of aromatic carboxylic acids is 1. The van der Waals surface area contributed by atoms with Gasteiger partial charge in [-0.25, -0.2) is 9.78 Å². The molecule has 1 fully saturated rings. The lowest BCUT2D eigenvalue weighted by Gasteiger charge is -2.19. The molecule has 1 N–H and O–H groups in total. The van der Waals surface area contributed by atoms with E-state index in [1.165, 1.54) is 12.8 Å². The molecule has 0 radical (unpaired) electrons. The number of carboxylic acid groups (broad SMARTS) is 1. The van der Waals surface area contributed by atoms with Crippen LogP contribution in [0.15, 0.2) is 18.2 Å². The molecule has 1 heterocycles. The SMILES string of the molecule is CC(C)(C)CCn1c(C2CC2)nc2cc(C(=O)O)ccc21. The highest BCUT2D eigenvalue weighted by Gasteiger charge is 2.30. The summed E-state index contributed by atoms with van der Waals surface area (Å²) in [4.78, 5) is 15.8. The van der Waals surface area contributed by atoms with Crippen LogP contribution in [-0.4, -0.2) is 20.6 Å². The second kappa shape index (κ2) is 4.86. The van der Waals surface area contributed by atoms with Crippen molar-refractivity contribution in [3.05, 3.63) is 29.6 Å². The van der Waals surface area contributed by atoms with Crippen molar-refractivity contribution in [2.45, 2.75) is 52.5 Å². The van der Waals surface area contributed by atoms with Crippen molar-refractivity contribution < 1.29 is 9.90 Å². The van der Waals surface area contributed by atoms with Gasteiger partial charge in [0.25, 0.3) is 0 Å². The van der Waals surface area contributed by atoms with Gasteiger partial charge in [0.05, 0.1) is 16.6 Å². The van der Waals surface area contributed by atoms with Gasteiger partial charge in [0, 0.05) is 12.5 Å². The van der Waals surface area contributed by atoms with E-state index in [-0.39, 0.29) is 5.41 Å². The van der Waals surface area contributed by atoms with Gasteiger partial charge in [0.1, 0.15) is 5.82 Å². The Morgan fingerprint density at radius 3 is 2.67 bits per heavy atom. The molecule has 0 spiro atoms. The summed E-state index contributed by atoms with van der Waals surface area (Å²) in [5.41, 5.74) is 2.46. The number of hydrogen-bond donors (Lipinski definition) is 1. The molecule has 4 nitrogen and oxygen atoms in total. The van der Waals surface area contributed by atoms with Crippen LogP contribution in [0.5, 0.6) is 0 Å². The Morgan fingerprint density at radius 1 is 1.38 bits per heavy atom. The molecule has 0 amide bonds. The van der Waals surface area contributed by atoms with Gasteiger partial charge in [-0.05, 0) is 42.9 Å². The average Bonchev–Trinajstić information content (AvgIpc) is 3.16. The lowest BCUT2D eigenvalue weighted by molar-refractivity contribution is 0.0697. The maximum atomic E-state index is 11.1. The van der Waals surface area contributed by atoms with Crippen molar-refractivity contribution in [3.8, 4) is 0 Å². The summed E-state index contributed by atoms with van der Waals surface area (Å²) < 4.78 is 2.30. The number of carbonyl (C=O) groups is 1. The molecule has 1 aliphatic rings. The first-order valence-corrected chi connectivity index (χ1v) is 7.59. The Hall–Kier alpha value is -1.84. The van der Waals surface area contributed by atoms with Gasteiger partial charge in [0.2, 0.25) is 0 Å². The van der Waals surface area contributed by atoms with Gasteiger partial charge >= 0.3 is 5.97 Å². The van der Waals surface area contributed by atoms with Gasteiger partial charge in [-0.2, -0.15) is 0 Å². The molecule has 4 heteroatoms. The summed E-state index contributed by atoms with van der Waals surface area (Å²) in [5.74, 6) is 0.802. The zero-order chi connectivity index (χ0) is 15.2. The smallest absolute Gasteiger partial charge is 0.335 e. The van der Waals surface area contributed by atoms with Crippen LogP contribution < -0.4 is 0 Å². The van der Waals surface area contributed by atoms with Crippen LogP contribution in [0.1, 0.15) is 62.1 Å². The van der Waals surface area contributed by atoms with Gasteiger partial charge in [-0.3, -0.25) is 0 Å². The van der Waals surface area contributed by atoms with Crippen molar-refractivity contribution in [1.82, 2.24) is 9.55 Å². The number of benzene rings is 1. The minimum absolute atomic E-state index is 0.276. The number of fused-ring (bicyclic) bond motifs is 1. The number of hydrogen-bond acceptors (Lipinski definition) is 2. The third-order valence-corrected chi connectivity index (χ3v) is 4.05. The summed E-state index contributed by atoms with van der Waals surface area (Å²) in [5, 5.41) is 9.12. The first kappa shape index (κ1) is 14.1. The quantitative estimate of drug-likeness (QED) is 0.922. The number of aryl methyl sites for hydroxylation is 1. The van der Waals surface area contributed by atoms with E-state index in [0.29, 0.717) is 11.5 Å². The van der Waals surface area contributed by atoms with Crippen LogP contribution in [-0.2, 0) is 6.54 Å². The molecule has 0 bridgehead atoms. The second-order valence-electron chi connectivity index (χ2n) is 7.22. The normalized spacial score (nSPS) is 15.6. The highest BCUT2D eigenvalue weighted by Crippen LogP contribution is 2.41. The van der Waals surface area contributed by atoms with Gasteiger partial charge in [-0.15, -0.1) is 0 Å². The molecular formula is C17H22N2O2. The number of carboxylic acids is 1. The molecule has 1 aromatic heterocycles. The van der Waals surface area contributed by atoms with Gasteiger partial charge in [-0.1, -0.05) is 20.8 Å². The summed E-state index contributed by atoms with van der Waals surface area (Å²) in [6.07, 6.45) is 3.48. The van der Waals surface area contributed by atoms with E-state index in [1.807, 2.05) is 6.07 Å². The Labute approximate surface area is 124 Å². The standard InChI is InChI=1S/C17H22N2O2/c1-17(2,3)8-9-19-14-7-6-12(16(20)21)10-13(14)18-15(19)11-4-5-11/h6-7,10-11H,4-5,8-9H2,1-3H3,(H,20,21). The van der Waals surface area contributed by atoms with Crippen LogP contribution >= 0.6 is 0 Å². The minimum Gasteiger partial charge on any atom is -0.478 e. The predicted molar refractivity (Wildman–Crippen MR) is 82.7 cm³/mol. The molecule has 1 aromatic carbocycles. The fourth-order valence-electron chi connectivity index (χ4n) is 2.62. The van der Waals surface area contributed by atoms with E-state index >= 15 is 0 Å². The fourth-order valence-corrected chi connectivity index (χ4v) is 2.62. The zero-order valence-corrected chi connectivity index (χ0v) is 12.9. The van der Waals surface area contributed by atoms with Gasteiger partial charge < -0.3 is 9.67 Å². The van der Waals surface area contributed by atoms with E-state index in [2.05, 4.69) is 25.3 Å². The van der Waals surface area contributed by atoms with E-state index in [1.54, 1.807) is 12.1 Å². The molecule has 3 rings (SSSR count). The minimum atomic E-state index is -0.894. The van der Waals surface area contributed by atoms with E-state index in [9.17, 15) is 4.79 Å². The monoisotopic (exact) mass is 286 g/mol. The first-order valence-electron chi connectivity index (χ1n) is 7.59. The Balaban J connectivity index is 2.03. The third kappa shape index (κ3) is 2.94. The van der Waals surface area contributed by atoms with Crippen molar-refractivity contribution in [3.63, 3.8) is 0 Å². The molecule has 0 aliphatic heterocycles. The number of imidazole rings is 1. The molecule has 0 unspecified atom stereocenters. The molecule has 21 heavy (non-hydrogen) atoms. The maximum absolute atomic E-state index is 11.1. The van der Waals surface area contributed by atoms with E-state index in [0.717, 1.165) is 29.8 Å². The average molecular weight is 286 g/mol. The molecular weight excluding hydrogens is 264 g/mol. The Morgan fingerprint density at radius 2 is 2.10 bits per heavy atom. The highest BCUT2D eigenvalue weighted by molar-refractivity contribution is 5.92. The Kier molecular flexibility index (Phi) is 3.27. The predicted octanol–water partition coefficient (Wildman–Crippen LogP) is 4.05. The maximum Gasteiger partial charge on any atom is 0.335 e. The molecule has 1 aliphatic carbocycles. The fraction of sp³-hybridized carbons (Fsp3) is 0.529. The van der Waals surface area contributed by atoms with Crippen molar-refractivity contribution in [1.29, 1.82) is 0 Å². The lowest BCUT2D eigenvalue weighted by Crippen LogP contribution is -2.12. The molecule has 1 saturated carbocycles. The lowest BCUT2D eigenvalue weighted by atomic mass is 9.92. The van der Waals surface area contributed by atoms with E-state index in [4.69, 9.17) is 10.1 Å². The third-order valence-electron chi connectivity index (χ3n) is 4.05. The van der Waals surface area contributed by atoms with Crippen LogP contribution in [0.2, 0.25) is 0 Å². The summed E-state index contributed by atoms with van der Waals surface area (Å²) >= 11 is 0. The Bertz CT molecular complexity index is 691. The molecule has 0 atom stereocenters. The van der Waals surface area contributed by atoms with E-state index < -0.39 is 5.97 Å². The largest absolute Gasteiger partial charge is 0.478 e. The van der Waals surface area contributed by atoms with Crippen molar-refractivity contribution in [2.75, 3.05) is 0 Å². The number of rotatable bonds is 4. The van der Waals surface area contributed by atoms with Crippen LogP contribution in [0.3, 0.4) is 0 Å². The molecule has 112 valence electrons. The summed E-state index contributed by atoms with van der Waals surface area (Å²) in [7, 11) is 0. The van der Waals surface area contributed by atoms with Crippen LogP contribution in [0.25, 0.3) is 11.0 Å². The summed E-state index contributed by atoms with van der Waals surface area (Å²) in [6.45, 7) is 7.67. The number of nitrogens with zero attached hydrogens (tertiary/aromatic N) is 2. The highest BCUT2D eigenvalue weighted by atomic mass is 16.4. The van der Waals surface area contributed by atoms with Crippen molar-refractivity contribution >= 4 is 17.0 Å². The topological polar surface area (TPSA) is 55.1 Å². The van der Waals surface area contributed by atoms with Gasteiger partial charge in [0.15, 0.2) is 0 Å². The number of aromatic nitrogens is 2. The van der Waals surface area contributed by atoms with Crippen LogP contribution in [0, 0.1) is 5.41 Å². The van der Waals surface area contributed by atoms with Crippen molar-refractivity contribution in [2.24, 2.45) is 5.41 Å². The molecule has 2 aromatic rings. The first-order chi connectivity index (χ1) is 9.85. The zero-order valence-electron chi connectivity index (χ0n) is 12.9. The van der Waals surface area contributed by atoms with Crippen LogP contribution in [0.4, 0.5) is 0 Å².